The summed E-state index contributed by atoms with van der Waals surface area (Å²) in [4.78, 5) is 98.5. The van der Waals surface area contributed by atoms with E-state index in [-0.39, 0.29) is 80.9 Å². The van der Waals surface area contributed by atoms with Gasteiger partial charge < -0.3 is 79.1 Å². The molecule has 8 rings (SSSR count). The molecule has 5 amide bonds. The summed E-state index contributed by atoms with van der Waals surface area (Å²) in [6, 6.07) is 15.9. The van der Waals surface area contributed by atoms with Crippen LogP contribution in [0.25, 0.3) is 32.5 Å². The van der Waals surface area contributed by atoms with Crippen molar-refractivity contribution in [2.24, 2.45) is 5.41 Å². The fourth-order valence-electron chi connectivity index (χ4n) is 11.7. The van der Waals surface area contributed by atoms with Crippen LogP contribution in [0.15, 0.2) is 77.3 Å². The van der Waals surface area contributed by atoms with Crippen LogP contribution in [0.3, 0.4) is 0 Å². The highest BCUT2D eigenvalue weighted by Crippen LogP contribution is 2.32. The molecule has 0 aliphatic carbocycles. The molecule has 0 saturated carbocycles. The minimum absolute atomic E-state index is 0.0110. The number of nitrogens with one attached hydrogen (secondary N) is 5. The summed E-state index contributed by atoms with van der Waals surface area (Å²) in [7, 11) is 0. The maximum Gasteiger partial charge on any atom is 0.253 e. The van der Waals surface area contributed by atoms with E-state index in [4.69, 9.17) is 42.9 Å². The molecule has 4 aromatic heterocycles. The Balaban J connectivity index is 0.560. The predicted octanol–water partition coefficient (Wildman–Crippen LogP) is 5.31. The summed E-state index contributed by atoms with van der Waals surface area (Å²) in [5.41, 5.74) is 8.91. The first-order valence-corrected chi connectivity index (χ1v) is 35.5. The molecule has 28 heteroatoms. The summed E-state index contributed by atoms with van der Waals surface area (Å²) in [6.07, 6.45) is 3.20. The quantitative estimate of drug-likeness (QED) is 0.0265. The number of aliphatic hydroxyl groups excluding tert-OH is 1. The molecule has 3 atom stereocenters. The van der Waals surface area contributed by atoms with Gasteiger partial charge in [0.15, 0.2) is 0 Å². The first kappa shape index (κ1) is 78.1. The van der Waals surface area contributed by atoms with E-state index in [9.17, 15) is 33.9 Å². The van der Waals surface area contributed by atoms with Crippen LogP contribution < -0.4 is 31.7 Å². The number of aromatic nitrogens is 5. The van der Waals surface area contributed by atoms with Crippen molar-refractivity contribution in [1.29, 1.82) is 0 Å². The molecule has 0 bridgehead atoms. The number of pyridine rings is 2. The molecule has 2 aliphatic rings. The smallest absolute Gasteiger partial charge is 0.253 e. The van der Waals surface area contributed by atoms with Crippen LogP contribution in [0.5, 0.6) is 0 Å². The molecule has 2 aliphatic heterocycles. The number of benzene rings is 2. The number of ether oxygens (including phenoxy) is 8. The van der Waals surface area contributed by atoms with Gasteiger partial charge in [-0.15, -0.1) is 11.3 Å². The number of fused-ring (bicyclic) bond motifs is 1. The van der Waals surface area contributed by atoms with Crippen molar-refractivity contribution >= 4 is 57.6 Å². The van der Waals surface area contributed by atoms with Crippen LogP contribution in [0.2, 0.25) is 0 Å². The highest BCUT2D eigenvalue weighted by Gasteiger charge is 2.44. The normalized spacial score (nSPS) is 15.4. The Morgan fingerprint density at radius 3 is 1.83 bits per heavy atom. The van der Waals surface area contributed by atoms with E-state index in [0.29, 0.717) is 123 Å². The van der Waals surface area contributed by atoms with Crippen LogP contribution in [0.4, 0.5) is 5.82 Å². The molecule has 6 N–H and O–H groups in total. The molecule has 2 fully saturated rings. The van der Waals surface area contributed by atoms with Gasteiger partial charge in [-0.05, 0) is 92.6 Å². The zero-order valence-electron chi connectivity index (χ0n) is 59.2. The molecule has 0 radical (unpaired) electrons. The summed E-state index contributed by atoms with van der Waals surface area (Å²) in [6.45, 7) is 25.9. The number of amides is 5. The number of hydrogen-bond donors (Lipinski definition) is 6. The number of aliphatic hydroxyl groups is 1. The number of piperazine rings is 1. The van der Waals surface area contributed by atoms with Crippen molar-refractivity contribution in [3.05, 3.63) is 116 Å². The lowest BCUT2D eigenvalue weighted by Gasteiger charge is -2.35. The highest BCUT2D eigenvalue weighted by atomic mass is 32.1. The van der Waals surface area contributed by atoms with Crippen molar-refractivity contribution in [3.8, 4) is 21.6 Å². The number of nitrogens with zero attached hydrogens (tertiary/aromatic N) is 7. The first-order valence-electron chi connectivity index (χ1n) is 34.6. The Bertz CT molecular complexity index is 3610. The van der Waals surface area contributed by atoms with E-state index in [0.717, 1.165) is 87.0 Å². The number of anilines is 1. The number of carbonyl (C=O) groups excluding carboxylic acids is 5. The summed E-state index contributed by atoms with van der Waals surface area (Å²) in [5, 5.41) is 27.6. The third kappa shape index (κ3) is 24.3. The number of rotatable bonds is 42. The van der Waals surface area contributed by atoms with E-state index in [2.05, 4.69) is 46.1 Å². The Kier molecular flexibility index (Phi) is 31.4. The van der Waals surface area contributed by atoms with Crippen molar-refractivity contribution in [2.75, 3.05) is 156 Å². The second-order valence-corrected chi connectivity index (χ2v) is 27.0. The molecule has 100 heavy (non-hydrogen) atoms. The lowest BCUT2D eigenvalue weighted by Crippen LogP contribution is -2.57. The van der Waals surface area contributed by atoms with Crippen LogP contribution in [-0.2, 0) is 70.2 Å². The van der Waals surface area contributed by atoms with Gasteiger partial charge in [0, 0.05) is 113 Å². The van der Waals surface area contributed by atoms with E-state index in [1.54, 1.807) is 17.5 Å². The van der Waals surface area contributed by atoms with Gasteiger partial charge in [0.25, 0.3) is 11.5 Å². The molecule has 6 aromatic rings. The molecular weight excluding hydrogens is 1300 g/mol. The summed E-state index contributed by atoms with van der Waals surface area (Å²) in [5.74, 6) is -0.618. The van der Waals surface area contributed by atoms with Gasteiger partial charge in [-0.1, -0.05) is 45.0 Å². The van der Waals surface area contributed by atoms with Crippen LogP contribution in [0, 0.1) is 26.2 Å². The lowest BCUT2D eigenvalue weighted by molar-refractivity contribution is -0.144. The number of β-amino-alcohol motifs (C(OH)–C–C–N with tert-alkyl or cyclic N) is 1. The van der Waals surface area contributed by atoms with E-state index >= 15 is 0 Å². The van der Waals surface area contributed by atoms with Gasteiger partial charge in [0.1, 0.15) is 17.9 Å². The Morgan fingerprint density at radius 1 is 0.670 bits per heavy atom. The van der Waals surface area contributed by atoms with Gasteiger partial charge >= 0.3 is 0 Å². The maximum absolute atomic E-state index is 14.0. The molecule has 2 aromatic carbocycles. The van der Waals surface area contributed by atoms with Crippen molar-refractivity contribution in [2.45, 2.75) is 112 Å². The second-order valence-electron chi connectivity index (χ2n) is 26.2. The first-order chi connectivity index (χ1) is 48.2. The number of carbonyl (C=O) groups is 5. The largest absolute Gasteiger partial charge is 0.391 e. The zero-order valence-corrected chi connectivity index (χ0v) is 60.1. The second kappa shape index (κ2) is 40.1. The average molecular weight is 1410 g/mol. The number of hydrogen-bond acceptors (Lipinski definition) is 21. The van der Waals surface area contributed by atoms with Crippen LogP contribution >= 0.6 is 11.3 Å². The summed E-state index contributed by atoms with van der Waals surface area (Å²) >= 11 is 1.57. The van der Waals surface area contributed by atoms with Gasteiger partial charge in [0.05, 0.1) is 145 Å². The van der Waals surface area contributed by atoms with E-state index < -0.39 is 29.5 Å². The topological polar surface area (TPSA) is 314 Å². The van der Waals surface area contributed by atoms with Gasteiger partial charge in [-0.2, -0.15) is 5.10 Å². The number of aryl methyl sites for hydroxylation is 3. The van der Waals surface area contributed by atoms with Crippen LogP contribution in [0.1, 0.15) is 98.4 Å². The minimum atomic E-state index is -0.936. The summed E-state index contributed by atoms with van der Waals surface area (Å²) < 4.78 is 46.6. The molecule has 6 heterocycles. The van der Waals surface area contributed by atoms with Gasteiger partial charge in [-0.3, -0.25) is 38.3 Å². The number of likely N-dealkylation sites (tertiary alicyclic amines) is 1. The molecule has 0 spiro atoms. The molecule has 0 unspecified atom stereocenters. The molecule has 2 saturated heterocycles. The van der Waals surface area contributed by atoms with Crippen molar-refractivity contribution in [3.63, 3.8) is 0 Å². The molecule has 546 valence electrons. The average Bonchev–Trinajstić information content (AvgIpc) is 1.58. The lowest BCUT2D eigenvalue weighted by atomic mass is 9.85. The Morgan fingerprint density at radius 2 is 1.27 bits per heavy atom. The standard InChI is InChI=1S/C72H102N12O15S/c1-49(2)84-61-41-56(40-58(60(61)46-78-84)68(88)76-45-59-50(3)39-51(4)79-69(59)89)55-13-14-63(74-44-55)82-21-19-81(20-22-82)18-15-64(86)73-17-24-93-26-28-95-30-32-97-34-36-99-38-37-98-35-33-96-31-29-94-27-25-92-23-16-65(87)80-67(72(6,7)8)71(91)83-47-57(85)42-62(83)70(90)75-43-53-9-11-54(12-10-53)66-52(5)77-48-100-66/h9-14,39-41,44,46,48-49,57,62,67,85H,15-38,42-43,45,47H2,1-8H3,(H,73,86)(H,75,90)(H,76,88)(H,79,89)(H,80,87)/t57-,62+,67-/m1/s1. The number of thiazole rings is 1. The van der Waals surface area contributed by atoms with Crippen LogP contribution in [-0.4, -0.2) is 239 Å². The zero-order chi connectivity index (χ0) is 71.4. The minimum Gasteiger partial charge on any atom is -0.391 e. The van der Waals surface area contributed by atoms with Gasteiger partial charge in [0.2, 0.25) is 23.6 Å². The van der Waals surface area contributed by atoms with Gasteiger partial charge in [-0.25, -0.2) is 9.97 Å². The molecular formula is C72H102N12O15S. The number of H-pyrrole nitrogens is 1. The predicted molar refractivity (Wildman–Crippen MR) is 380 cm³/mol. The van der Waals surface area contributed by atoms with Crippen molar-refractivity contribution in [1.82, 2.24) is 55.8 Å². The third-order valence-electron chi connectivity index (χ3n) is 17.2. The fraction of sp³-hybridized carbons (Fsp3) is 0.569. The Labute approximate surface area is 589 Å². The van der Waals surface area contributed by atoms with E-state index in [1.165, 1.54) is 4.90 Å². The highest BCUT2D eigenvalue weighted by molar-refractivity contribution is 7.13. The SMILES string of the molecule is Cc1cc(C)c(CNC(=O)c2cc(-c3ccc(N4CCN(CCC(=O)NCCOCCOCCOCCOCCOCCOCCOCCOCCC(=O)N[C@H](C(=O)N5C[C@H](O)C[C@H]5C(=O)NCc5ccc(-c6scnc6C)cc5)C(C)(C)C)CC4)nc3)cc3c2cnn3C(C)C)c(=O)[nH]1. The molecule has 27 nitrogen and oxygen atoms in total. The maximum atomic E-state index is 14.0. The number of aromatic amines is 1. The van der Waals surface area contributed by atoms with E-state index in [1.807, 2.05) is 126 Å². The fourth-order valence-corrected chi connectivity index (χ4v) is 12.5. The third-order valence-corrected chi connectivity index (χ3v) is 18.1. The van der Waals surface area contributed by atoms with Crippen molar-refractivity contribution < 1.29 is 67.0 Å². The Hall–Kier alpha value is -7.61. The monoisotopic (exact) mass is 1410 g/mol.